The van der Waals surface area contributed by atoms with Gasteiger partial charge in [-0.25, -0.2) is 9.97 Å². The van der Waals surface area contributed by atoms with Gasteiger partial charge in [-0.2, -0.15) is 0 Å². The smallest absolute Gasteiger partial charge is 0.247 e. The Labute approximate surface area is 227 Å². The molecule has 2 aromatic carbocycles. The normalized spacial score (nSPS) is 19.4. The van der Waals surface area contributed by atoms with Crippen molar-refractivity contribution >= 4 is 28.8 Å². The van der Waals surface area contributed by atoms with Gasteiger partial charge in [0.05, 0.1) is 12.6 Å². The van der Waals surface area contributed by atoms with Crippen molar-refractivity contribution in [1.82, 2.24) is 24.8 Å². The number of anilines is 1. The number of H-pyrrole nitrogens is 1. The van der Waals surface area contributed by atoms with Gasteiger partial charge in [0.1, 0.15) is 5.75 Å². The van der Waals surface area contributed by atoms with E-state index in [1.54, 1.807) is 18.5 Å². The lowest BCUT2D eigenvalue weighted by molar-refractivity contribution is -0.128. The van der Waals surface area contributed by atoms with E-state index in [4.69, 9.17) is 4.74 Å². The molecule has 8 heteroatoms. The van der Waals surface area contributed by atoms with Crippen LogP contribution in [0.1, 0.15) is 34.0 Å². The summed E-state index contributed by atoms with van der Waals surface area (Å²) in [5, 5.41) is 1.24. The van der Waals surface area contributed by atoms with Crippen LogP contribution in [0.15, 0.2) is 60.9 Å². The second-order valence-electron chi connectivity index (χ2n) is 10.7. The van der Waals surface area contributed by atoms with E-state index in [9.17, 15) is 4.79 Å². The minimum Gasteiger partial charge on any atom is -0.493 e. The maximum atomic E-state index is 13.7. The Morgan fingerprint density at radius 1 is 1.03 bits per heavy atom. The molecule has 1 atom stereocenters. The molecule has 1 saturated heterocycles. The van der Waals surface area contributed by atoms with Crippen LogP contribution in [0.25, 0.3) is 17.0 Å². The Balaban J connectivity index is 1.17. The topological polar surface area (TPSA) is 77.6 Å². The van der Waals surface area contributed by atoms with E-state index in [1.165, 1.54) is 16.5 Å². The molecule has 0 spiro atoms. The van der Waals surface area contributed by atoms with Crippen molar-refractivity contribution in [2.75, 3.05) is 51.3 Å². The number of fused-ring (bicyclic) bond motifs is 4. The predicted octanol–water partition coefficient (Wildman–Crippen LogP) is 3.83. The summed E-state index contributed by atoms with van der Waals surface area (Å²) in [6.07, 6.45) is 8.79. The summed E-state index contributed by atoms with van der Waals surface area (Å²) in [6, 6.07) is 14.6. The van der Waals surface area contributed by atoms with Gasteiger partial charge in [0.15, 0.2) is 0 Å². The van der Waals surface area contributed by atoms with Crippen LogP contribution in [0.5, 0.6) is 5.75 Å². The summed E-state index contributed by atoms with van der Waals surface area (Å²) >= 11 is 0. The molecule has 4 aromatic rings. The number of aromatic nitrogens is 3. The molecule has 2 aromatic heterocycles. The number of nitrogens with zero attached hydrogens (tertiary/aromatic N) is 5. The lowest BCUT2D eigenvalue weighted by Gasteiger charge is -2.36. The van der Waals surface area contributed by atoms with E-state index in [0.29, 0.717) is 13.2 Å². The Morgan fingerprint density at radius 3 is 2.69 bits per heavy atom. The molecule has 7 rings (SSSR count). The predicted molar refractivity (Wildman–Crippen MR) is 152 cm³/mol. The number of benzene rings is 2. The highest BCUT2D eigenvalue weighted by molar-refractivity contribution is 5.93. The fourth-order valence-electron chi connectivity index (χ4n) is 6.05. The van der Waals surface area contributed by atoms with Crippen molar-refractivity contribution in [2.45, 2.75) is 18.9 Å². The molecule has 0 radical (unpaired) electrons. The van der Waals surface area contributed by atoms with Crippen molar-refractivity contribution < 1.29 is 9.53 Å². The van der Waals surface area contributed by atoms with Crippen molar-refractivity contribution in [3.05, 3.63) is 88.9 Å². The standard InChI is InChI=1S/C31H32N6O2/c1-35-13-15-36(16-14-35)31-32-19-21(20-33-31)6-9-28(38)37-12-10-25-24-4-2-3-5-26(24)34-29(25)30(37)23-7-8-27-22(18-23)11-17-39-27/h2-9,18-20,30,34H,10-17H2,1H3/t30-/m1/s1. The lowest BCUT2D eigenvalue weighted by Crippen LogP contribution is -2.45. The van der Waals surface area contributed by atoms with Gasteiger partial charge in [-0.3, -0.25) is 4.79 Å². The zero-order valence-corrected chi connectivity index (χ0v) is 22.1. The van der Waals surface area contributed by atoms with Gasteiger partial charge in [0.25, 0.3) is 0 Å². The van der Waals surface area contributed by atoms with E-state index >= 15 is 0 Å². The van der Waals surface area contributed by atoms with Crippen LogP contribution in [-0.4, -0.2) is 77.0 Å². The largest absolute Gasteiger partial charge is 0.493 e. The second kappa shape index (κ2) is 9.85. The van der Waals surface area contributed by atoms with Gasteiger partial charge in [-0.1, -0.05) is 24.3 Å². The Hall–Kier alpha value is -4.17. The Kier molecular flexibility index (Phi) is 6.04. The third-order valence-electron chi connectivity index (χ3n) is 8.21. The molecule has 3 aliphatic heterocycles. The maximum absolute atomic E-state index is 13.7. The SMILES string of the molecule is CN1CCN(c2ncc(C=CC(=O)N3CCc4c([nH]c5ccccc45)[C@H]3c3ccc4c(c3)CCO4)cn2)CC1. The number of carbonyl (C=O) groups excluding carboxylic acids is 1. The number of likely N-dealkylation sites (N-methyl/N-ethyl adjacent to an activating group) is 1. The van der Waals surface area contributed by atoms with Gasteiger partial charge < -0.3 is 24.4 Å². The van der Waals surface area contributed by atoms with Gasteiger partial charge >= 0.3 is 0 Å². The number of aromatic amines is 1. The molecule has 1 N–H and O–H groups in total. The Bertz CT molecular complexity index is 1550. The molecule has 0 unspecified atom stereocenters. The highest BCUT2D eigenvalue weighted by Gasteiger charge is 2.34. The number of piperazine rings is 1. The molecule has 198 valence electrons. The van der Waals surface area contributed by atoms with Crippen molar-refractivity contribution in [1.29, 1.82) is 0 Å². The molecule has 1 amide bonds. The quantitative estimate of drug-likeness (QED) is 0.412. The fourth-order valence-corrected chi connectivity index (χ4v) is 6.05. The summed E-state index contributed by atoms with van der Waals surface area (Å²) in [7, 11) is 2.13. The molecule has 0 aliphatic carbocycles. The molecule has 1 fully saturated rings. The van der Waals surface area contributed by atoms with Gasteiger partial charge in [0.2, 0.25) is 11.9 Å². The first-order valence-electron chi connectivity index (χ1n) is 13.7. The zero-order valence-electron chi connectivity index (χ0n) is 22.1. The van der Waals surface area contributed by atoms with Gasteiger partial charge in [0, 0.05) is 79.8 Å². The second-order valence-corrected chi connectivity index (χ2v) is 10.7. The van der Waals surface area contributed by atoms with E-state index in [1.807, 2.05) is 17.0 Å². The van der Waals surface area contributed by atoms with E-state index in [2.05, 4.69) is 68.2 Å². The number of amides is 1. The monoisotopic (exact) mass is 520 g/mol. The number of rotatable bonds is 4. The van der Waals surface area contributed by atoms with Crippen LogP contribution in [0, 0.1) is 0 Å². The highest BCUT2D eigenvalue weighted by atomic mass is 16.5. The minimum absolute atomic E-state index is 0.0239. The highest BCUT2D eigenvalue weighted by Crippen LogP contribution is 2.40. The number of hydrogen-bond acceptors (Lipinski definition) is 6. The van der Waals surface area contributed by atoms with E-state index in [-0.39, 0.29) is 11.9 Å². The first kappa shape index (κ1) is 23.9. The average Bonchev–Trinajstić information content (AvgIpc) is 3.60. The fraction of sp³-hybridized carbons (Fsp3) is 0.323. The van der Waals surface area contributed by atoms with Crippen molar-refractivity contribution in [3.8, 4) is 5.75 Å². The maximum Gasteiger partial charge on any atom is 0.247 e. The van der Waals surface area contributed by atoms with Crippen LogP contribution in [0.4, 0.5) is 5.95 Å². The minimum atomic E-state index is -0.194. The number of carbonyl (C=O) groups is 1. The summed E-state index contributed by atoms with van der Waals surface area (Å²) in [5.41, 5.74) is 6.64. The van der Waals surface area contributed by atoms with Crippen LogP contribution in [-0.2, 0) is 17.6 Å². The molecule has 8 nitrogen and oxygen atoms in total. The van der Waals surface area contributed by atoms with Crippen LogP contribution < -0.4 is 9.64 Å². The van der Waals surface area contributed by atoms with Crippen molar-refractivity contribution in [2.24, 2.45) is 0 Å². The molecule has 3 aliphatic rings. The third kappa shape index (κ3) is 4.44. The summed E-state index contributed by atoms with van der Waals surface area (Å²) in [6.45, 7) is 5.21. The first-order chi connectivity index (χ1) is 19.1. The first-order valence-corrected chi connectivity index (χ1v) is 13.7. The molecular weight excluding hydrogens is 488 g/mol. The summed E-state index contributed by atoms with van der Waals surface area (Å²) in [4.78, 5) is 33.0. The molecule has 5 heterocycles. The van der Waals surface area contributed by atoms with Gasteiger partial charge in [-0.05, 0) is 54.4 Å². The molecular formula is C31H32N6O2. The van der Waals surface area contributed by atoms with E-state index in [0.717, 1.165) is 73.1 Å². The molecule has 0 bridgehead atoms. The molecule has 0 saturated carbocycles. The van der Waals surface area contributed by atoms with Crippen LogP contribution in [0.3, 0.4) is 0 Å². The third-order valence-corrected chi connectivity index (χ3v) is 8.21. The lowest BCUT2D eigenvalue weighted by atomic mass is 9.91. The Morgan fingerprint density at radius 2 is 1.85 bits per heavy atom. The summed E-state index contributed by atoms with van der Waals surface area (Å²) in [5.74, 6) is 1.67. The number of para-hydroxylation sites is 1. The molecule has 39 heavy (non-hydrogen) atoms. The van der Waals surface area contributed by atoms with Crippen LogP contribution >= 0.6 is 0 Å². The van der Waals surface area contributed by atoms with E-state index < -0.39 is 0 Å². The van der Waals surface area contributed by atoms with Crippen molar-refractivity contribution in [3.63, 3.8) is 0 Å². The van der Waals surface area contributed by atoms with Gasteiger partial charge in [-0.15, -0.1) is 0 Å². The zero-order chi connectivity index (χ0) is 26.3. The summed E-state index contributed by atoms with van der Waals surface area (Å²) < 4.78 is 5.76. The number of ether oxygens (including phenoxy) is 1. The number of nitrogens with one attached hydrogen (secondary N) is 1. The average molecular weight is 521 g/mol. The van der Waals surface area contributed by atoms with Crippen LogP contribution in [0.2, 0.25) is 0 Å². The number of hydrogen-bond donors (Lipinski definition) is 1.